The third-order valence-corrected chi connectivity index (χ3v) is 4.14. The van der Waals surface area contributed by atoms with Gasteiger partial charge in [-0.1, -0.05) is 24.6 Å². The number of anilines is 1. The van der Waals surface area contributed by atoms with Gasteiger partial charge in [-0.05, 0) is 57.2 Å². The number of benzene rings is 1. The molecule has 0 aromatic heterocycles. The van der Waals surface area contributed by atoms with Gasteiger partial charge in [-0.3, -0.25) is 4.79 Å². The molecule has 0 fully saturated rings. The number of ether oxygens (including phenoxy) is 1. The van der Waals surface area contributed by atoms with Crippen LogP contribution in [-0.4, -0.2) is 16.9 Å². The second-order valence-electron chi connectivity index (χ2n) is 6.51. The van der Waals surface area contributed by atoms with Gasteiger partial charge in [0, 0.05) is 5.38 Å². The van der Waals surface area contributed by atoms with Crippen molar-refractivity contribution in [2.24, 2.45) is 0 Å². The maximum atomic E-state index is 12.1. The highest BCUT2D eigenvalue weighted by Crippen LogP contribution is 2.32. The first kappa shape index (κ1) is 19.1. The van der Waals surface area contributed by atoms with Crippen LogP contribution in [0.5, 0.6) is 0 Å². The summed E-state index contributed by atoms with van der Waals surface area (Å²) in [6, 6.07) is 5.47. The highest BCUT2D eigenvalue weighted by atomic mass is 35.5. The summed E-state index contributed by atoms with van der Waals surface area (Å²) in [5, 5.41) is 0.516. The number of nitrogens with two attached hydrogens (primary N) is 1. The molecule has 5 heteroatoms. The standard InChI is InChI=1S/C17H25Cl2NO2/c1-5-13(18)8-12(10-16(21)22-17(2,3)4)11-6-7-14(19)15(20)9-11/h6-7,9,12-13H,5,8,10,20H2,1-4H3. The zero-order valence-corrected chi connectivity index (χ0v) is 15.2. The fourth-order valence-electron chi connectivity index (χ4n) is 2.21. The number of carbonyl (C=O) groups excluding carboxylic acids is 1. The molecule has 1 aromatic carbocycles. The molecule has 0 radical (unpaired) electrons. The number of nitrogen functional groups attached to an aromatic ring is 1. The van der Waals surface area contributed by atoms with E-state index in [2.05, 4.69) is 0 Å². The van der Waals surface area contributed by atoms with Crippen LogP contribution in [0.4, 0.5) is 5.69 Å². The predicted molar refractivity (Wildman–Crippen MR) is 93.6 cm³/mol. The summed E-state index contributed by atoms with van der Waals surface area (Å²) in [4.78, 5) is 12.1. The highest BCUT2D eigenvalue weighted by Gasteiger charge is 2.23. The minimum atomic E-state index is -0.494. The number of alkyl halides is 1. The summed E-state index contributed by atoms with van der Waals surface area (Å²) in [5.74, 6) is -0.261. The number of carbonyl (C=O) groups is 1. The molecule has 0 amide bonds. The van der Waals surface area contributed by atoms with Gasteiger partial charge in [-0.2, -0.15) is 0 Å². The molecule has 0 aliphatic heterocycles. The Kier molecular flexibility index (Phi) is 7.01. The molecule has 1 rings (SSSR count). The Labute approximate surface area is 143 Å². The monoisotopic (exact) mass is 345 g/mol. The second kappa shape index (κ2) is 8.07. The van der Waals surface area contributed by atoms with Crippen LogP contribution in [0.2, 0.25) is 5.02 Å². The molecular weight excluding hydrogens is 321 g/mol. The van der Waals surface area contributed by atoms with Crippen molar-refractivity contribution in [1.82, 2.24) is 0 Å². The van der Waals surface area contributed by atoms with Crippen LogP contribution in [0.25, 0.3) is 0 Å². The minimum absolute atomic E-state index is 0.00402. The average molecular weight is 346 g/mol. The van der Waals surface area contributed by atoms with Gasteiger partial charge in [-0.15, -0.1) is 11.6 Å². The van der Waals surface area contributed by atoms with Gasteiger partial charge in [0.15, 0.2) is 0 Å². The number of halogens is 2. The molecule has 0 bridgehead atoms. The summed E-state index contributed by atoms with van der Waals surface area (Å²) in [7, 11) is 0. The summed E-state index contributed by atoms with van der Waals surface area (Å²) in [5.41, 5.74) is 6.85. The van der Waals surface area contributed by atoms with Gasteiger partial charge in [-0.25, -0.2) is 0 Å². The van der Waals surface area contributed by atoms with Crippen molar-refractivity contribution in [3.63, 3.8) is 0 Å². The summed E-state index contributed by atoms with van der Waals surface area (Å²) < 4.78 is 5.42. The molecule has 0 heterocycles. The Balaban J connectivity index is 2.92. The van der Waals surface area contributed by atoms with E-state index < -0.39 is 5.60 Å². The van der Waals surface area contributed by atoms with Crippen LogP contribution in [0, 0.1) is 0 Å². The van der Waals surface area contributed by atoms with E-state index in [1.54, 1.807) is 6.07 Å². The van der Waals surface area contributed by atoms with E-state index in [-0.39, 0.29) is 23.7 Å². The van der Waals surface area contributed by atoms with Crippen molar-refractivity contribution < 1.29 is 9.53 Å². The largest absolute Gasteiger partial charge is 0.460 e. The molecule has 22 heavy (non-hydrogen) atoms. The molecule has 0 spiro atoms. The van der Waals surface area contributed by atoms with E-state index in [4.69, 9.17) is 33.7 Å². The van der Waals surface area contributed by atoms with Gasteiger partial charge in [0.1, 0.15) is 5.60 Å². The SMILES string of the molecule is CCC(Cl)CC(CC(=O)OC(C)(C)C)c1ccc(Cl)c(N)c1. The molecule has 2 unspecified atom stereocenters. The van der Waals surface area contributed by atoms with Crippen LogP contribution in [0.3, 0.4) is 0 Å². The van der Waals surface area contributed by atoms with Crippen LogP contribution in [-0.2, 0) is 9.53 Å². The quantitative estimate of drug-likeness (QED) is 0.440. The van der Waals surface area contributed by atoms with Gasteiger partial charge in [0.2, 0.25) is 0 Å². The third kappa shape index (κ3) is 6.45. The minimum Gasteiger partial charge on any atom is -0.460 e. The van der Waals surface area contributed by atoms with E-state index >= 15 is 0 Å². The van der Waals surface area contributed by atoms with Crippen molar-refractivity contribution in [2.45, 2.75) is 63.9 Å². The zero-order chi connectivity index (χ0) is 16.9. The Morgan fingerprint density at radius 2 is 2.00 bits per heavy atom. The van der Waals surface area contributed by atoms with Crippen molar-refractivity contribution in [2.75, 3.05) is 5.73 Å². The maximum Gasteiger partial charge on any atom is 0.306 e. The highest BCUT2D eigenvalue weighted by molar-refractivity contribution is 6.33. The van der Waals surface area contributed by atoms with Crippen molar-refractivity contribution in [3.05, 3.63) is 28.8 Å². The Bertz CT molecular complexity index is 512. The van der Waals surface area contributed by atoms with Crippen molar-refractivity contribution in [1.29, 1.82) is 0 Å². The lowest BCUT2D eigenvalue weighted by Gasteiger charge is -2.24. The fourth-order valence-corrected chi connectivity index (χ4v) is 2.55. The van der Waals surface area contributed by atoms with Gasteiger partial charge in [0.05, 0.1) is 17.1 Å². The number of esters is 1. The molecule has 3 nitrogen and oxygen atoms in total. The Morgan fingerprint density at radius 1 is 1.36 bits per heavy atom. The van der Waals surface area contributed by atoms with E-state index in [1.807, 2.05) is 39.8 Å². The lowest BCUT2D eigenvalue weighted by atomic mass is 9.90. The second-order valence-corrected chi connectivity index (χ2v) is 7.53. The van der Waals surface area contributed by atoms with E-state index in [0.29, 0.717) is 17.1 Å². The molecule has 0 saturated heterocycles. The number of hydrogen-bond acceptors (Lipinski definition) is 3. The molecule has 0 aliphatic rings. The third-order valence-electron chi connectivity index (χ3n) is 3.31. The average Bonchev–Trinajstić information content (AvgIpc) is 2.38. The summed E-state index contributed by atoms with van der Waals surface area (Å²) in [6.45, 7) is 7.60. The van der Waals surface area contributed by atoms with E-state index in [0.717, 1.165) is 12.0 Å². The topological polar surface area (TPSA) is 52.3 Å². The van der Waals surface area contributed by atoms with Gasteiger partial charge in [0.25, 0.3) is 0 Å². The number of rotatable bonds is 6. The molecule has 124 valence electrons. The van der Waals surface area contributed by atoms with Crippen LogP contribution in [0.1, 0.15) is 58.4 Å². The van der Waals surface area contributed by atoms with Crippen molar-refractivity contribution >= 4 is 34.9 Å². The molecule has 0 saturated carbocycles. The van der Waals surface area contributed by atoms with Gasteiger partial charge < -0.3 is 10.5 Å². The first-order valence-electron chi connectivity index (χ1n) is 7.53. The lowest BCUT2D eigenvalue weighted by molar-refractivity contribution is -0.155. The zero-order valence-electron chi connectivity index (χ0n) is 13.7. The Hall–Kier alpha value is -0.930. The molecule has 0 aliphatic carbocycles. The van der Waals surface area contributed by atoms with Crippen LogP contribution >= 0.6 is 23.2 Å². The van der Waals surface area contributed by atoms with Crippen LogP contribution in [0.15, 0.2) is 18.2 Å². The molecule has 2 N–H and O–H groups in total. The molecule has 1 aromatic rings. The maximum absolute atomic E-state index is 12.1. The first-order chi connectivity index (χ1) is 10.1. The Morgan fingerprint density at radius 3 is 2.50 bits per heavy atom. The van der Waals surface area contributed by atoms with Crippen molar-refractivity contribution in [3.8, 4) is 0 Å². The normalized spacial score (nSPS) is 14.5. The molecule has 2 atom stereocenters. The van der Waals surface area contributed by atoms with E-state index in [9.17, 15) is 4.79 Å². The summed E-state index contributed by atoms with van der Waals surface area (Å²) in [6.07, 6.45) is 1.81. The van der Waals surface area contributed by atoms with Gasteiger partial charge >= 0.3 is 5.97 Å². The van der Waals surface area contributed by atoms with E-state index in [1.165, 1.54) is 0 Å². The lowest BCUT2D eigenvalue weighted by Crippen LogP contribution is -2.25. The first-order valence-corrected chi connectivity index (χ1v) is 8.34. The van der Waals surface area contributed by atoms with Crippen LogP contribution < -0.4 is 5.73 Å². The fraction of sp³-hybridized carbons (Fsp3) is 0.588. The summed E-state index contributed by atoms with van der Waals surface area (Å²) >= 11 is 12.3. The smallest absolute Gasteiger partial charge is 0.306 e. The predicted octanol–water partition coefficient (Wildman–Crippen LogP) is 5.15. The number of hydrogen-bond donors (Lipinski definition) is 1. The molecular formula is C17H25Cl2NO2.